The van der Waals surface area contributed by atoms with Crippen LogP contribution in [-0.2, 0) is 11.8 Å². The third-order valence-corrected chi connectivity index (χ3v) is 3.98. The van der Waals surface area contributed by atoms with Crippen LogP contribution in [0.2, 0.25) is 0 Å². The molecule has 0 atom stereocenters. The first-order valence-corrected chi connectivity index (χ1v) is 7.40. The molecule has 1 aliphatic heterocycles. The molecule has 0 radical (unpaired) electrons. The summed E-state index contributed by atoms with van der Waals surface area (Å²) in [5.41, 5.74) is 3.03. The van der Waals surface area contributed by atoms with Crippen molar-refractivity contribution < 1.29 is 4.79 Å². The molecule has 0 spiro atoms. The lowest BCUT2D eigenvalue weighted by atomic mass is 10.2. The molecule has 1 amide bonds. The second kappa shape index (κ2) is 5.61. The molecule has 2 heterocycles. The number of thioether (sulfide) groups is 1. The topological polar surface area (TPSA) is 46.4 Å². The lowest BCUT2D eigenvalue weighted by Crippen LogP contribution is -2.19. The third-order valence-electron chi connectivity index (χ3n) is 3.07. The lowest BCUT2D eigenvalue weighted by molar-refractivity contribution is -0.115. The van der Waals surface area contributed by atoms with Gasteiger partial charge in [-0.1, -0.05) is 17.7 Å². The second-order valence-electron chi connectivity index (χ2n) is 4.93. The van der Waals surface area contributed by atoms with Crippen LogP contribution in [0.3, 0.4) is 0 Å². The molecular formula is C16H15N3OS. The molecule has 5 heteroatoms. The summed E-state index contributed by atoms with van der Waals surface area (Å²) in [4.78, 5) is 17.1. The Balaban J connectivity index is 1.81. The van der Waals surface area contributed by atoms with Crippen LogP contribution in [0.1, 0.15) is 11.1 Å². The highest BCUT2D eigenvalue weighted by atomic mass is 32.2. The number of aryl methyl sites for hydroxylation is 2. The van der Waals surface area contributed by atoms with Gasteiger partial charge >= 0.3 is 0 Å². The van der Waals surface area contributed by atoms with E-state index in [-0.39, 0.29) is 5.91 Å². The SMILES string of the molecule is Cc1ccc(N=C2NC(=O)/C(=C\c3ccn(C)c3)S2)cc1. The highest BCUT2D eigenvalue weighted by Gasteiger charge is 2.23. The molecule has 1 aromatic heterocycles. The van der Waals surface area contributed by atoms with E-state index in [0.29, 0.717) is 10.1 Å². The van der Waals surface area contributed by atoms with Crippen LogP contribution in [0.4, 0.5) is 5.69 Å². The van der Waals surface area contributed by atoms with Crippen LogP contribution in [-0.4, -0.2) is 15.6 Å². The molecular weight excluding hydrogens is 282 g/mol. The minimum absolute atomic E-state index is 0.102. The van der Waals surface area contributed by atoms with Crippen LogP contribution >= 0.6 is 11.8 Å². The van der Waals surface area contributed by atoms with Gasteiger partial charge in [0.25, 0.3) is 5.91 Å². The van der Waals surface area contributed by atoms with Crippen molar-refractivity contribution in [1.82, 2.24) is 9.88 Å². The average molecular weight is 297 g/mol. The summed E-state index contributed by atoms with van der Waals surface area (Å²) in [7, 11) is 1.95. The quantitative estimate of drug-likeness (QED) is 0.865. The van der Waals surface area contributed by atoms with E-state index in [1.807, 2.05) is 67.3 Å². The van der Waals surface area contributed by atoms with E-state index in [1.54, 1.807) is 0 Å². The van der Waals surface area contributed by atoms with E-state index in [1.165, 1.54) is 17.3 Å². The molecule has 1 aromatic carbocycles. The average Bonchev–Trinajstić information content (AvgIpc) is 3.00. The number of hydrogen-bond acceptors (Lipinski definition) is 3. The number of hydrogen-bond donors (Lipinski definition) is 1. The van der Waals surface area contributed by atoms with E-state index >= 15 is 0 Å². The number of carbonyl (C=O) groups excluding carboxylic acids is 1. The Labute approximate surface area is 127 Å². The predicted octanol–water partition coefficient (Wildman–Crippen LogP) is 3.23. The number of rotatable bonds is 2. The van der Waals surface area contributed by atoms with Gasteiger partial charge in [0.1, 0.15) is 0 Å². The Kier molecular flexibility index (Phi) is 3.66. The van der Waals surface area contributed by atoms with Gasteiger partial charge < -0.3 is 9.88 Å². The van der Waals surface area contributed by atoms with E-state index < -0.39 is 0 Å². The van der Waals surface area contributed by atoms with Crippen molar-refractivity contribution in [2.45, 2.75) is 6.92 Å². The summed E-state index contributed by atoms with van der Waals surface area (Å²) in [6.07, 6.45) is 5.79. The third kappa shape index (κ3) is 3.25. The normalized spacial score (nSPS) is 18.5. The minimum atomic E-state index is -0.102. The van der Waals surface area contributed by atoms with Gasteiger partial charge in [0, 0.05) is 19.4 Å². The Morgan fingerprint density at radius 3 is 2.67 bits per heavy atom. The van der Waals surface area contributed by atoms with Gasteiger partial charge in [-0.25, -0.2) is 4.99 Å². The molecule has 1 aliphatic rings. The van der Waals surface area contributed by atoms with Gasteiger partial charge in [0.05, 0.1) is 10.6 Å². The predicted molar refractivity (Wildman–Crippen MR) is 87.4 cm³/mol. The molecule has 2 aromatic rings. The second-order valence-corrected chi connectivity index (χ2v) is 5.96. The molecule has 1 N–H and O–H groups in total. The molecule has 1 fully saturated rings. The van der Waals surface area contributed by atoms with E-state index in [0.717, 1.165) is 11.3 Å². The molecule has 0 bridgehead atoms. The highest BCUT2D eigenvalue weighted by molar-refractivity contribution is 8.18. The van der Waals surface area contributed by atoms with Crippen LogP contribution < -0.4 is 5.32 Å². The first-order valence-electron chi connectivity index (χ1n) is 6.58. The zero-order chi connectivity index (χ0) is 14.8. The van der Waals surface area contributed by atoms with Gasteiger partial charge in [-0.2, -0.15) is 0 Å². The Morgan fingerprint density at radius 2 is 2.00 bits per heavy atom. The van der Waals surface area contributed by atoms with Gasteiger partial charge in [-0.05, 0) is 48.5 Å². The monoisotopic (exact) mass is 297 g/mol. The number of carbonyl (C=O) groups is 1. The number of aromatic nitrogens is 1. The van der Waals surface area contributed by atoms with Crippen molar-refractivity contribution >= 4 is 34.6 Å². The summed E-state index contributed by atoms with van der Waals surface area (Å²) >= 11 is 1.36. The van der Waals surface area contributed by atoms with Crippen LogP contribution in [0.15, 0.2) is 52.6 Å². The molecule has 0 saturated carbocycles. The minimum Gasteiger partial charge on any atom is -0.357 e. The van der Waals surface area contributed by atoms with Gasteiger partial charge in [-0.3, -0.25) is 4.79 Å². The van der Waals surface area contributed by atoms with E-state index in [2.05, 4.69) is 10.3 Å². The van der Waals surface area contributed by atoms with Gasteiger partial charge in [0.2, 0.25) is 0 Å². The summed E-state index contributed by atoms with van der Waals surface area (Å²) in [5, 5.41) is 3.41. The fourth-order valence-electron chi connectivity index (χ4n) is 1.98. The zero-order valence-corrected chi connectivity index (χ0v) is 12.6. The van der Waals surface area contributed by atoms with Crippen molar-refractivity contribution in [3.8, 4) is 0 Å². The van der Waals surface area contributed by atoms with Crippen LogP contribution in [0.5, 0.6) is 0 Å². The number of aliphatic imine (C=N–C) groups is 1. The standard InChI is InChI=1S/C16H15N3OS/c1-11-3-5-13(6-4-11)17-16-18-15(20)14(21-16)9-12-7-8-19(2)10-12/h3-10H,1-2H3,(H,17,18,20)/b14-9+. The number of amides is 1. The molecule has 106 valence electrons. The Bertz CT molecular complexity index is 741. The summed E-state index contributed by atoms with van der Waals surface area (Å²) in [5.74, 6) is -0.102. The van der Waals surface area contributed by atoms with Crippen LogP contribution in [0, 0.1) is 6.92 Å². The molecule has 0 unspecified atom stereocenters. The summed E-state index contributed by atoms with van der Waals surface area (Å²) in [6.45, 7) is 2.03. The maximum Gasteiger partial charge on any atom is 0.264 e. The van der Waals surface area contributed by atoms with E-state index in [4.69, 9.17) is 0 Å². The number of nitrogens with zero attached hydrogens (tertiary/aromatic N) is 2. The molecule has 1 saturated heterocycles. The smallest absolute Gasteiger partial charge is 0.264 e. The number of benzene rings is 1. The number of nitrogens with one attached hydrogen (secondary N) is 1. The molecule has 3 rings (SSSR count). The van der Waals surface area contributed by atoms with Crippen molar-refractivity contribution in [3.63, 3.8) is 0 Å². The fourth-order valence-corrected chi connectivity index (χ4v) is 2.82. The van der Waals surface area contributed by atoms with E-state index in [9.17, 15) is 4.79 Å². The Hall–Kier alpha value is -2.27. The van der Waals surface area contributed by atoms with Crippen molar-refractivity contribution in [1.29, 1.82) is 0 Å². The maximum atomic E-state index is 12.0. The number of amidine groups is 1. The lowest BCUT2D eigenvalue weighted by Gasteiger charge is -1.96. The zero-order valence-electron chi connectivity index (χ0n) is 11.8. The van der Waals surface area contributed by atoms with Crippen molar-refractivity contribution in [2.75, 3.05) is 0 Å². The molecule has 0 aliphatic carbocycles. The van der Waals surface area contributed by atoms with Gasteiger partial charge in [0.15, 0.2) is 5.17 Å². The fraction of sp³-hybridized carbons (Fsp3) is 0.125. The molecule has 21 heavy (non-hydrogen) atoms. The largest absolute Gasteiger partial charge is 0.357 e. The highest BCUT2D eigenvalue weighted by Crippen LogP contribution is 2.28. The first kappa shape index (κ1) is 13.7. The first-order chi connectivity index (χ1) is 10.1. The summed E-state index contributed by atoms with van der Waals surface area (Å²) < 4.78 is 1.95. The van der Waals surface area contributed by atoms with Crippen molar-refractivity contribution in [3.05, 3.63) is 58.8 Å². The Morgan fingerprint density at radius 1 is 1.24 bits per heavy atom. The van der Waals surface area contributed by atoms with Crippen LogP contribution in [0.25, 0.3) is 6.08 Å². The molecule has 4 nitrogen and oxygen atoms in total. The van der Waals surface area contributed by atoms with Crippen molar-refractivity contribution in [2.24, 2.45) is 12.0 Å². The summed E-state index contributed by atoms with van der Waals surface area (Å²) in [6, 6.07) is 9.85. The van der Waals surface area contributed by atoms with Gasteiger partial charge in [-0.15, -0.1) is 0 Å². The maximum absolute atomic E-state index is 12.0.